The molecule has 0 aromatic carbocycles. The van der Waals surface area contributed by atoms with Gasteiger partial charge in [-0.15, -0.1) is 0 Å². The van der Waals surface area contributed by atoms with Crippen molar-refractivity contribution in [1.29, 1.82) is 0 Å². The van der Waals surface area contributed by atoms with Gasteiger partial charge in [-0.2, -0.15) is 0 Å². The third-order valence-electron chi connectivity index (χ3n) is 1.41. The first-order chi connectivity index (χ1) is 4.39. The van der Waals surface area contributed by atoms with Crippen molar-refractivity contribution in [3.05, 3.63) is 0 Å². The fraction of sp³-hybridized carbons (Fsp3) is 0.833. The molecule has 1 aliphatic carbocycles. The zero-order chi connectivity index (χ0) is 7.11. The van der Waals surface area contributed by atoms with E-state index >= 15 is 0 Å². The van der Waals surface area contributed by atoms with Gasteiger partial charge in [-0.3, -0.25) is 4.79 Å². The van der Waals surface area contributed by atoms with E-state index in [1.807, 2.05) is 9.39 Å². The number of carbonyl (C=O) groups excluding carboxylic acids is 1. The van der Waals surface area contributed by atoms with E-state index in [2.05, 4.69) is 5.50 Å². The highest BCUT2D eigenvalue weighted by Gasteiger charge is 2.05. The molecule has 0 aliphatic heterocycles. The Hall–Kier alpha value is 0.0600. The zero-order valence-corrected chi connectivity index (χ0v) is 6.75. The smallest absolute Gasteiger partial charge is 0.132 e. The summed E-state index contributed by atoms with van der Waals surface area (Å²) in [5.41, 5.74) is 4.42. The lowest BCUT2D eigenvalue weighted by atomic mass is 10.00. The Kier molecular flexibility index (Phi) is 6.23. The molecule has 1 rings (SSSR count). The summed E-state index contributed by atoms with van der Waals surface area (Å²) in [4.78, 5) is 10.5. The Morgan fingerprint density at radius 2 is 1.56 bits per heavy atom. The van der Waals surface area contributed by atoms with E-state index < -0.39 is 0 Å². The van der Waals surface area contributed by atoms with Crippen LogP contribution in [0.2, 0.25) is 0 Å². The van der Waals surface area contributed by atoms with Crippen molar-refractivity contribution in [3.63, 3.8) is 0 Å². The third-order valence-corrected chi connectivity index (χ3v) is 1.41. The van der Waals surface area contributed by atoms with Gasteiger partial charge in [0.1, 0.15) is 5.78 Å². The number of Topliss-reactive ketones (excluding diaryl/α,β-unsaturated/α-hetero) is 1. The van der Waals surface area contributed by atoms with Gasteiger partial charge in [0.15, 0.2) is 0 Å². The van der Waals surface area contributed by atoms with Crippen LogP contribution in [0.3, 0.4) is 0 Å². The first kappa shape index (κ1) is 9.06. The molecule has 9 heavy (non-hydrogen) atoms. The van der Waals surface area contributed by atoms with E-state index in [1.165, 1.54) is 6.42 Å². The molecule has 0 amide bonds. The number of rotatable bonds is 0. The highest BCUT2D eigenvalue weighted by atomic mass is 31.0. The second-order valence-electron chi connectivity index (χ2n) is 2.10. The van der Waals surface area contributed by atoms with Crippen molar-refractivity contribution in [2.45, 2.75) is 32.1 Å². The molecule has 1 aliphatic rings. The number of hydrogen-bond donors (Lipinski definition) is 1. The summed E-state index contributed by atoms with van der Waals surface area (Å²) < 4.78 is 0. The molecule has 0 bridgehead atoms. The van der Waals surface area contributed by atoms with Crippen molar-refractivity contribution in [3.8, 4) is 0 Å². The first-order valence-corrected chi connectivity index (χ1v) is 3.91. The van der Waals surface area contributed by atoms with Crippen molar-refractivity contribution < 1.29 is 4.79 Å². The normalized spacial score (nSPS) is 18.2. The molecule has 0 aromatic rings. The van der Waals surface area contributed by atoms with Crippen LogP contribution >= 0.6 is 9.39 Å². The van der Waals surface area contributed by atoms with Gasteiger partial charge in [-0.05, 0) is 12.8 Å². The molecule has 0 spiro atoms. The van der Waals surface area contributed by atoms with Gasteiger partial charge in [0.05, 0.1) is 0 Å². The van der Waals surface area contributed by atoms with Gasteiger partial charge >= 0.3 is 0 Å². The maximum atomic E-state index is 10.5. The number of nitrogens with two attached hydrogens (primary N) is 1. The highest BCUT2D eigenvalue weighted by Crippen LogP contribution is 2.12. The zero-order valence-electron chi connectivity index (χ0n) is 5.60. The molecule has 1 saturated carbocycles. The van der Waals surface area contributed by atoms with Gasteiger partial charge in [-0.25, -0.2) is 0 Å². The molecular formula is C6H14NOP. The summed E-state index contributed by atoms with van der Waals surface area (Å²) in [6, 6.07) is 0. The van der Waals surface area contributed by atoms with Crippen molar-refractivity contribution in [1.82, 2.24) is 0 Å². The van der Waals surface area contributed by atoms with Gasteiger partial charge in [0.2, 0.25) is 0 Å². The van der Waals surface area contributed by atoms with Crippen LogP contribution in [-0.4, -0.2) is 5.78 Å². The van der Waals surface area contributed by atoms with Gasteiger partial charge in [0, 0.05) is 12.8 Å². The minimum atomic E-state index is 0.464. The second-order valence-corrected chi connectivity index (χ2v) is 2.10. The van der Waals surface area contributed by atoms with Crippen molar-refractivity contribution in [2.75, 3.05) is 0 Å². The van der Waals surface area contributed by atoms with Crippen LogP contribution in [-0.2, 0) is 4.79 Å². The maximum absolute atomic E-state index is 10.5. The molecule has 54 valence electrons. The molecule has 2 nitrogen and oxygen atoms in total. The Morgan fingerprint density at radius 3 is 1.78 bits per heavy atom. The molecular weight excluding hydrogens is 133 g/mol. The number of carbonyl (C=O) groups is 1. The number of ketones is 1. The average Bonchev–Trinajstić information content (AvgIpc) is 1.94. The molecule has 3 heteroatoms. The highest BCUT2D eigenvalue weighted by molar-refractivity contribution is 7.13. The van der Waals surface area contributed by atoms with E-state index in [9.17, 15) is 4.79 Å². The largest absolute Gasteiger partial charge is 0.314 e. The topological polar surface area (TPSA) is 43.1 Å². The first-order valence-electron chi connectivity index (χ1n) is 3.24. The van der Waals surface area contributed by atoms with Crippen LogP contribution in [0.1, 0.15) is 32.1 Å². The Bertz CT molecular complexity index is 77.1. The molecule has 1 fully saturated rings. The average molecular weight is 147 g/mol. The fourth-order valence-electron chi connectivity index (χ4n) is 0.946. The minimum Gasteiger partial charge on any atom is -0.314 e. The molecule has 0 radical (unpaired) electrons. The third kappa shape index (κ3) is 4.56. The predicted molar refractivity (Wildman–Crippen MR) is 42.0 cm³/mol. The lowest BCUT2D eigenvalue weighted by Gasteiger charge is -2.05. The van der Waals surface area contributed by atoms with E-state index in [1.54, 1.807) is 0 Å². The summed E-state index contributed by atoms with van der Waals surface area (Å²) in [7, 11) is 1.92. The van der Waals surface area contributed by atoms with Crippen molar-refractivity contribution >= 4 is 15.2 Å². The molecule has 0 heterocycles. The Labute approximate surface area is 58.5 Å². The predicted octanol–water partition coefficient (Wildman–Crippen LogP) is 1.25. The lowest BCUT2D eigenvalue weighted by molar-refractivity contribution is -0.120. The fourth-order valence-corrected chi connectivity index (χ4v) is 0.946. The quantitative estimate of drug-likeness (QED) is 0.524. The van der Waals surface area contributed by atoms with E-state index in [0.717, 1.165) is 25.7 Å². The molecule has 1 atom stereocenters. The van der Waals surface area contributed by atoms with Gasteiger partial charge in [0.25, 0.3) is 0 Å². The van der Waals surface area contributed by atoms with E-state index in [0.29, 0.717) is 5.78 Å². The summed E-state index contributed by atoms with van der Waals surface area (Å²) >= 11 is 0. The van der Waals surface area contributed by atoms with Crippen molar-refractivity contribution in [2.24, 2.45) is 5.50 Å². The summed E-state index contributed by atoms with van der Waals surface area (Å²) in [6.45, 7) is 0. The Balaban J connectivity index is 0.000000291. The van der Waals surface area contributed by atoms with Crippen LogP contribution in [0.5, 0.6) is 0 Å². The summed E-state index contributed by atoms with van der Waals surface area (Å²) in [5, 5.41) is 0. The van der Waals surface area contributed by atoms with Crippen LogP contribution in [0.15, 0.2) is 0 Å². The monoisotopic (exact) mass is 147 g/mol. The van der Waals surface area contributed by atoms with Crippen LogP contribution in [0.25, 0.3) is 0 Å². The summed E-state index contributed by atoms with van der Waals surface area (Å²) in [6.07, 6.45) is 5.24. The van der Waals surface area contributed by atoms with E-state index in [-0.39, 0.29) is 0 Å². The Morgan fingerprint density at radius 1 is 1.11 bits per heavy atom. The minimum absolute atomic E-state index is 0.464. The number of hydrogen-bond acceptors (Lipinski definition) is 2. The van der Waals surface area contributed by atoms with Gasteiger partial charge in [-0.1, -0.05) is 15.8 Å². The van der Waals surface area contributed by atoms with Crippen LogP contribution in [0, 0.1) is 0 Å². The van der Waals surface area contributed by atoms with Gasteiger partial charge < -0.3 is 5.50 Å². The lowest BCUT2D eigenvalue weighted by Crippen LogP contribution is -2.02. The van der Waals surface area contributed by atoms with Crippen LogP contribution in [0.4, 0.5) is 0 Å². The molecule has 0 aromatic heterocycles. The molecule has 2 N–H and O–H groups in total. The SMILES string of the molecule is NP.O=C1CCCCC1. The van der Waals surface area contributed by atoms with Crippen LogP contribution < -0.4 is 5.50 Å². The maximum Gasteiger partial charge on any atom is 0.132 e. The molecule has 0 saturated heterocycles. The molecule has 1 unspecified atom stereocenters. The van der Waals surface area contributed by atoms with E-state index in [4.69, 9.17) is 0 Å². The second kappa shape index (κ2) is 6.18. The summed E-state index contributed by atoms with van der Waals surface area (Å²) in [5.74, 6) is 0.464. The standard InChI is InChI=1S/C6H10O.H4NP/c7-6-4-2-1-3-5-6;1-2/h1-5H2;1-2H2.